The normalized spacial score (nSPS) is 13.7. The Morgan fingerprint density at radius 2 is 1.82 bits per heavy atom. The Labute approximate surface area is 318 Å². The van der Waals surface area contributed by atoms with E-state index in [1.54, 1.807) is 42.5 Å². The minimum atomic E-state index is -0.538. The molecule has 0 saturated carbocycles. The van der Waals surface area contributed by atoms with E-state index in [1.165, 1.54) is 18.2 Å². The predicted octanol–water partition coefficient (Wildman–Crippen LogP) is 8.50. The van der Waals surface area contributed by atoms with Crippen LogP contribution < -0.4 is 10.1 Å². The number of hydrogen-bond donors (Lipinski definition) is 3. The van der Waals surface area contributed by atoms with Crippen molar-refractivity contribution >= 4 is 45.1 Å². The van der Waals surface area contributed by atoms with E-state index in [1.807, 2.05) is 31.2 Å². The van der Waals surface area contributed by atoms with Gasteiger partial charge in [-0.15, -0.1) is 0 Å². The molecule has 1 aliphatic rings. The number of alkyl halides is 1. The lowest BCUT2D eigenvalue weighted by Gasteiger charge is -2.27. The number of carbonyl (C=O) groups excluding carboxylic acids is 1. The molecule has 7 aromatic rings. The zero-order valence-corrected chi connectivity index (χ0v) is 30.6. The standard InChI is InChI=1S/C40H33ClF2N6O4.CH3F/c1-22-30-13-23(6-9-35(30)48-47-22)40(51)44-28-8-10-37-36(18-28)45-38(49(37)19-29-11-12-52-29)16-25-15-33(43)31(14-26(25)20-50)34-3-2-4-39(46-34)53-21-24-5-7-27(41)17-32(24)42;1-2/h2-10,13-15,17-18,29,50H,11-12,16,19-21H2,1H3,(H,44,51)(H,47,48);1H3. The number of ether oxygens (including phenoxy) is 2. The number of anilines is 1. The number of H-pyrrole nitrogens is 1. The number of aromatic nitrogens is 5. The molecule has 4 aromatic carbocycles. The van der Waals surface area contributed by atoms with Crippen LogP contribution in [0, 0.1) is 18.6 Å². The summed E-state index contributed by atoms with van der Waals surface area (Å²) in [5.74, 6) is -0.463. The third-order valence-electron chi connectivity index (χ3n) is 9.47. The molecular weight excluding hydrogens is 733 g/mol. The Morgan fingerprint density at radius 3 is 2.58 bits per heavy atom. The Kier molecular flexibility index (Phi) is 11.1. The number of amides is 1. The first-order valence-electron chi connectivity index (χ1n) is 17.4. The molecule has 0 bridgehead atoms. The summed E-state index contributed by atoms with van der Waals surface area (Å²) in [6.45, 7) is 2.70. The first kappa shape index (κ1) is 37.6. The predicted molar refractivity (Wildman–Crippen MR) is 204 cm³/mol. The fraction of sp³-hybridized carbons (Fsp3) is 0.220. The van der Waals surface area contributed by atoms with Crippen LogP contribution in [-0.4, -0.2) is 55.6 Å². The number of hydrogen-bond acceptors (Lipinski definition) is 7. The van der Waals surface area contributed by atoms with Crippen molar-refractivity contribution in [3.8, 4) is 17.1 Å². The van der Waals surface area contributed by atoms with Gasteiger partial charge < -0.3 is 24.5 Å². The Morgan fingerprint density at radius 1 is 0.982 bits per heavy atom. The van der Waals surface area contributed by atoms with Crippen LogP contribution in [0.4, 0.5) is 18.9 Å². The van der Waals surface area contributed by atoms with Crippen LogP contribution in [0.1, 0.15) is 45.0 Å². The molecule has 55 heavy (non-hydrogen) atoms. The van der Waals surface area contributed by atoms with Crippen molar-refractivity contribution in [2.75, 3.05) is 19.1 Å². The van der Waals surface area contributed by atoms with Gasteiger partial charge in [-0.1, -0.05) is 23.7 Å². The average molecular weight is 769 g/mol. The van der Waals surface area contributed by atoms with Crippen molar-refractivity contribution < 1.29 is 32.5 Å². The lowest BCUT2D eigenvalue weighted by molar-refractivity contribution is -0.0589. The molecule has 1 saturated heterocycles. The molecule has 14 heteroatoms. The third kappa shape index (κ3) is 8.04. The van der Waals surface area contributed by atoms with Crippen LogP contribution in [0.25, 0.3) is 33.2 Å². The quantitative estimate of drug-likeness (QED) is 0.120. The summed E-state index contributed by atoms with van der Waals surface area (Å²) in [5.41, 5.74) is 6.07. The van der Waals surface area contributed by atoms with Crippen molar-refractivity contribution in [2.24, 2.45) is 0 Å². The summed E-state index contributed by atoms with van der Waals surface area (Å²) < 4.78 is 53.2. The molecule has 4 heterocycles. The van der Waals surface area contributed by atoms with E-state index in [-0.39, 0.29) is 48.1 Å². The molecule has 10 nitrogen and oxygen atoms in total. The van der Waals surface area contributed by atoms with Gasteiger partial charge in [0.2, 0.25) is 5.88 Å². The number of aryl methyl sites for hydroxylation is 1. The number of aliphatic hydroxyl groups is 1. The lowest BCUT2D eigenvalue weighted by Crippen LogP contribution is -2.31. The summed E-state index contributed by atoms with van der Waals surface area (Å²) in [7, 11) is 0.500. The molecule has 1 atom stereocenters. The largest absolute Gasteiger partial charge is 0.473 e. The van der Waals surface area contributed by atoms with Gasteiger partial charge in [0.1, 0.15) is 24.1 Å². The van der Waals surface area contributed by atoms with Crippen molar-refractivity contribution in [1.82, 2.24) is 24.7 Å². The fourth-order valence-electron chi connectivity index (χ4n) is 6.48. The number of benzene rings is 4. The summed E-state index contributed by atoms with van der Waals surface area (Å²) in [6, 6.07) is 23.1. The number of nitrogens with zero attached hydrogens (tertiary/aromatic N) is 4. The monoisotopic (exact) mass is 768 g/mol. The highest BCUT2D eigenvalue weighted by atomic mass is 35.5. The third-order valence-corrected chi connectivity index (χ3v) is 9.71. The maximum atomic E-state index is 15.9. The van der Waals surface area contributed by atoms with Gasteiger partial charge in [0.05, 0.1) is 48.7 Å². The smallest absolute Gasteiger partial charge is 0.255 e. The van der Waals surface area contributed by atoms with E-state index in [2.05, 4.69) is 25.1 Å². The number of aromatic amines is 1. The van der Waals surface area contributed by atoms with Gasteiger partial charge >= 0.3 is 0 Å². The van der Waals surface area contributed by atoms with Crippen molar-refractivity contribution in [3.63, 3.8) is 0 Å². The molecule has 1 amide bonds. The number of pyridine rings is 1. The fourth-order valence-corrected chi connectivity index (χ4v) is 6.64. The van der Waals surface area contributed by atoms with E-state index < -0.39 is 11.6 Å². The molecule has 0 radical (unpaired) electrons. The molecule has 3 aromatic heterocycles. The van der Waals surface area contributed by atoms with Crippen LogP contribution in [-0.2, 0) is 30.9 Å². The van der Waals surface area contributed by atoms with E-state index in [4.69, 9.17) is 26.1 Å². The maximum absolute atomic E-state index is 15.9. The van der Waals surface area contributed by atoms with Crippen molar-refractivity contribution in [3.05, 3.63) is 135 Å². The van der Waals surface area contributed by atoms with Crippen molar-refractivity contribution in [1.29, 1.82) is 0 Å². The molecule has 3 N–H and O–H groups in total. The molecule has 0 spiro atoms. The summed E-state index contributed by atoms with van der Waals surface area (Å²) in [6.07, 6.45) is 1.15. The van der Waals surface area contributed by atoms with E-state index in [9.17, 15) is 18.7 Å². The number of imidazole rings is 1. The van der Waals surface area contributed by atoms with Gasteiger partial charge in [0.15, 0.2) is 0 Å². The Bertz CT molecular complexity index is 2520. The van der Waals surface area contributed by atoms with Gasteiger partial charge in [-0.05, 0) is 91.2 Å². The Hall–Kier alpha value is -5.76. The number of fused-ring (bicyclic) bond motifs is 2. The van der Waals surface area contributed by atoms with Gasteiger partial charge in [-0.2, -0.15) is 5.10 Å². The molecule has 282 valence electrons. The van der Waals surface area contributed by atoms with E-state index in [0.29, 0.717) is 65.3 Å². The maximum Gasteiger partial charge on any atom is 0.255 e. The molecular formula is C41H36ClF3N6O4. The summed E-state index contributed by atoms with van der Waals surface area (Å²) in [4.78, 5) is 22.6. The molecule has 0 aliphatic carbocycles. The molecule has 1 aliphatic heterocycles. The SMILES string of the molecule is CF.Cc1[nH]nc2ccc(C(=O)Nc3ccc4c(c3)nc(Cc3cc(F)c(-c5cccc(OCc6ccc(Cl)cc6F)n5)cc3CO)n4CC3CCO3)cc12. The second kappa shape index (κ2) is 16.3. The zero-order chi connectivity index (χ0) is 38.6. The van der Waals surface area contributed by atoms with E-state index >= 15 is 4.39 Å². The average Bonchev–Trinajstić information content (AvgIpc) is 3.71. The molecule has 8 rings (SSSR count). The minimum Gasteiger partial charge on any atom is -0.473 e. The highest BCUT2D eigenvalue weighted by molar-refractivity contribution is 6.30. The molecule has 1 fully saturated rings. The van der Waals surface area contributed by atoms with E-state index in [0.717, 1.165) is 28.5 Å². The number of aliphatic hydroxyl groups excluding tert-OH is 1. The minimum absolute atomic E-state index is 0.0139. The first-order valence-corrected chi connectivity index (χ1v) is 17.8. The van der Waals surface area contributed by atoms with Gasteiger partial charge in [0, 0.05) is 57.6 Å². The van der Waals surface area contributed by atoms with Crippen LogP contribution in [0.2, 0.25) is 5.02 Å². The van der Waals surface area contributed by atoms with Crippen molar-refractivity contribution in [2.45, 2.75) is 45.6 Å². The highest BCUT2D eigenvalue weighted by Gasteiger charge is 2.23. The number of nitrogens with one attached hydrogen (secondary N) is 2. The lowest BCUT2D eigenvalue weighted by atomic mass is 9.99. The van der Waals surface area contributed by atoms with Crippen LogP contribution >= 0.6 is 11.6 Å². The van der Waals surface area contributed by atoms with Crippen LogP contribution in [0.15, 0.2) is 84.9 Å². The Balaban J connectivity index is 0.00000229. The highest BCUT2D eigenvalue weighted by Crippen LogP contribution is 2.31. The van der Waals surface area contributed by atoms with Gasteiger partial charge in [-0.3, -0.25) is 14.3 Å². The number of halogens is 4. The van der Waals surface area contributed by atoms with Crippen LogP contribution in [0.3, 0.4) is 0 Å². The zero-order valence-electron chi connectivity index (χ0n) is 29.9. The second-order valence-electron chi connectivity index (χ2n) is 13.0. The summed E-state index contributed by atoms with van der Waals surface area (Å²) >= 11 is 5.85. The topological polar surface area (TPSA) is 127 Å². The van der Waals surface area contributed by atoms with Gasteiger partial charge in [0.25, 0.3) is 5.91 Å². The molecule has 1 unspecified atom stereocenters. The van der Waals surface area contributed by atoms with Crippen LogP contribution in [0.5, 0.6) is 5.88 Å². The number of carbonyl (C=O) groups is 1. The summed E-state index contributed by atoms with van der Waals surface area (Å²) in [5, 5.41) is 21.7. The first-order chi connectivity index (χ1) is 26.7. The second-order valence-corrected chi connectivity index (χ2v) is 13.4. The number of rotatable bonds is 11. The van der Waals surface area contributed by atoms with Gasteiger partial charge in [-0.25, -0.2) is 18.7 Å².